The number of rotatable bonds is 7. The van der Waals surface area contributed by atoms with Crippen molar-refractivity contribution in [3.8, 4) is 16.9 Å². The zero-order chi connectivity index (χ0) is 28.5. The van der Waals surface area contributed by atoms with Crippen LogP contribution < -0.4 is 4.74 Å². The molecule has 1 saturated carbocycles. The molecule has 5 nitrogen and oxygen atoms in total. The van der Waals surface area contributed by atoms with Gasteiger partial charge in [0.25, 0.3) is 5.91 Å². The number of alkyl halides is 3. The minimum Gasteiger partial charge on any atom is -0.493 e. The van der Waals surface area contributed by atoms with Crippen LogP contribution >= 0.6 is 0 Å². The molecule has 0 bridgehead atoms. The fourth-order valence-electron chi connectivity index (χ4n) is 6.07. The van der Waals surface area contributed by atoms with E-state index in [0.717, 1.165) is 18.9 Å². The number of benzene rings is 2. The Morgan fingerprint density at radius 3 is 2.33 bits per heavy atom. The first kappa shape index (κ1) is 28.8. The number of amides is 1. The number of carbonyl (C=O) groups is 1. The lowest BCUT2D eigenvalue weighted by Crippen LogP contribution is -2.53. The van der Waals surface area contributed by atoms with Crippen LogP contribution in [-0.2, 0) is 0 Å². The fourth-order valence-corrected chi connectivity index (χ4v) is 6.07. The Morgan fingerprint density at radius 1 is 0.975 bits per heavy atom. The molecule has 1 N–H and O–H groups in total. The third kappa shape index (κ3) is 6.12. The van der Waals surface area contributed by atoms with Crippen LogP contribution in [0.4, 0.5) is 22.0 Å². The molecule has 1 amide bonds. The summed E-state index contributed by atoms with van der Waals surface area (Å²) in [6.07, 6.45) is -1.05. The zero-order valence-corrected chi connectivity index (χ0v) is 22.4. The van der Waals surface area contributed by atoms with Crippen LogP contribution in [0.15, 0.2) is 36.4 Å². The van der Waals surface area contributed by atoms with Gasteiger partial charge in [0, 0.05) is 31.3 Å². The third-order valence-corrected chi connectivity index (χ3v) is 8.77. The molecule has 2 saturated heterocycles. The van der Waals surface area contributed by atoms with Crippen molar-refractivity contribution in [2.45, 2.75) is 57.2 Å². The van der Waals surface area contributed by atoms with E-state index in [4.69, 9.17) is 4.74 Å². The van der Waals surface area contributed by atoms with Crippen LogP contribution in [0.2, 0.25) is 0 Å². The molecule has 1 atom stereocenters. The summed E-state index contributed by atoms with van der Waals surface area (Å²) in [5.41, 5.74) is -1.22. The van der Waals surface area contributed by atoms with Gasteiger partial charge in [-0.3, -0.25) is 4.79 Å². The van der Waals surface area contributed by atoms with E-state index in [1.165, 1.54) is 29.2 Å². The molecule has 3 aliphatic rings. The highest BCUT2D eigenvalue weighted by molar-refractivity contribution is 5.95. The second-order valence-electron chi connectivity index (χ2n) is 11.5. The standard InChI is InChI=1S/C30H35F5N2O3/c31-26-15-21(4-6-25(26)28(39)37-12-1-3-22(38)17-37)24-7-5-23(16-27(24)32)40-18-20-8-13-36(14-9-20)19-29(10-2-11-29)30(33,34)35/h4-7,15-16,20,22,38H,1-3,8-14,17-19H2/t22-/m1/s1. The molecule has 0 radical (unpaired) electrons. The molecular formula is C30H35F5N2O3. The normalized spacial score (nSPS) is 22.1. The molecule has 10 heteroatoms. The van der Waals surface area contributed by atoms with Gasteiger partial charge in [0.2, 0.25) is 0 Å². The van der Waals surface area contributed by atoms with Crippen LogP contribution in [0.5, 0.6) is 5.75 Å². The molecule has 2 aromatic carbocycles. The van der Waals surface area contributed by atoms with Gasteiger partial charge in [-0.25, -0.2) is 8.78 Å². The van der Waals surface area contributed by atoms with Gasteiger partial charge < -0.3 is 19.6 Å². The number of nitrogens with zero attached hydrogens (tertiary/aromatic N) is 2. The highest BCUT2D eigenvalue weighted by Crippen LogP contribution is 2.53. The predicted molar refractivity (Wildman–Crippen MR) is 140 cm³/mol. The molecular weight excluding hydrogens is 531 g/mol. The largest absolute Gasteiger partial charge is 0.493 e. The lowest BCUT2D eigenvalue weighted by atomic mass is 9.67. The van der Waals surface area contributed by atoms with Crippen molar-refractivity contribution < 1.29 is 36.6 Å². The number of halogens is 5. The van der Waals surface area contributed by atoms with Gasteiger partial charge in [0.1, 0.15) is 17.4 Å². The Balaban J connectivity index is 1.14. The van der Waals surface area contributed by atoms with E-state index in [1.807, 2.05) is 4.90 Å². The number of hydrogen-bond donors (Lipinski definition) is 1. The van der Waals surface area contributed by atoms with E-state index in [-0.39, 0.29) is 48.5 Å². The van der Waals surface area contributed by atoms with E-state index in [2.05, 4.69) is 0 Å². The Bertz CT molecular complexity index is 1210. The predicted octanol–water partition coefficient (Wildman–Crippen LogP) is 6.05. The molecule has 2 aliphatic heterocycles. The average Bonchev–Trinajstić information content (AvgIpc) is 2.89. The summed E-state index contributed by atoms with van der Waals surface area (Å²) in [6.45, 7) is 2.18. The van der Waals surface area contributed by atoms with Gasteiger partial charge in [0.05, 0.1) is 23.7 Å². The summed E-state index contributed by atoms with van der Waals surface area (Å²) >= 11 is 0. The summed E-state index contributed by atoms with van der Waals surface area (Å²) in [7, 11) is 0. The molecule has 1 aliphatic carbocycles. The first-order valence-corrected chi connectivity index (χ1v) is 14.0. The van der Waals surface area contributed by atoms with Crippen LogP contribution in [0.3, 0.4) is 0 Å². The topological polar surface area (TPSA) is 53.0 Å². The zero-order valence-electron chi connectivity index (χ0n) is 22.4. The van der Waals surface area contributed by atoms with Crippen molar-refractivity contribution >= 4 is 5.91 Å². The Hall–Kier alpha value is -2.72. The summed E-state index contributed by atoms with van der Waals surface area (Å²) in [4.78, 5) is 16.0. The van der Waals surface area contributed by atoms with Crippen LogP contribution in [-0.4, -0.2) is 72.4 Å². The summed E-state index contributed by atoms with van der Waals surface area (Å²) < 4.78 is 76.1. The minimum atomic E-state index is -4.16. The molecule has 0 aromatic heterocycles. The molecule has 3 fully saturated rings. The van der Waals surface area contributed by atoms with Crippen LogP contribution in [0.1, 0.15) is 55.3 Å². The number of carbonyl (C=O) groups excluding carboxylic acids is 1. The first-order chi connectivity index (χ1) is 19.0. The van der Waals surface area contributed by atoms with Gasteiger partial charge in [-0.1, -0.05) is 12.5 Å². The van der Waals surface area contributed by atoms with E-state index >= 15 is 0 Å². The number of hydrogen-bond acceptors (Lipinski definition) is 4. The number of likely N-dealkylation sites (tertiary alicyclic amines) is 2. The summed E-state index contributed by atoms with van der Waals surface area (Å²) in [5, 5.41) is 9.81. The lowest BCUT2D eigenvalue weighted by molar-refractivity contribution is -0.256. The quantitative estimate of drug-likeness (QED) is 0.415. The number of aliphatic hydroxyl groups is 1. The van der Waals surface area contributed by atoms with Gasteiger partial charge in [0.15, 0.2) is 0 Å². The molecule has 2 heterocycles. The fraction of sp³-hybridized carbons (Fsp3) is 0.567. The van der Waals surface area contributed by atoms with Crippen molar-refractivity contribution in [1.29, 1.82) is 0 Å². The van der Waals surface area contributed by atoms with Gasteiger partial charge in [-0.2, -0.15) is 13.2 Å². The molecule has 0 spiro atoms. The average molecular weight is 567 g/mol. The summed E-state index contributed by atoms with van der Waals surface area (Å²) in [6, 6.07) is 8.30. The molecule has 218 valence electrons. The second kappa shape index (κ2) is 11.6. The van der Waals surface area contributed by atoms with E-state index in [1.54, 1.807) is 6.07 Å². The van der Waals surface area contributed by atoms with E-state index in [0.29, 0.717) is 51.3 Å². The maximum atomic E-state index is 15.0. The molecule has 5 rings (SSSR count). The lowest BCUT2D eigenvalue weighted by Gasteiger charge is -2.47. The smallest absolute Gasteiger partial charge is 0.395 e. The monoisotopic (exact) mass is 566 g/mol. The SMILES string of the molecule is O=C(c1ccc(-c2ccc(OCC3CCN(CC4(C(F)(F)F)CCC4)CC3)cc2F)cc1F)N1CCC[C@@H](O)C1. The number of ether oxygens (including phenoxy) is 1. The number of β-amino-alcohol motifs (C(OH)–C–C–N with tert-alkyl or cyclic N) is 1. The Kier molecular flexibility index (Phi) is 8.38. The van der Waals surface area contributed by atoms with E-state index < -0.39 is 35.2 Å². The van der Waals surface area contributed by atoms with Gasteiger partial charge in [-0.15, -0.1) is 0 Å². The highest BCUT2D eigenvalue weighted by atomic mass is 19.4. The molecule has 0 unspecified atom stereocenters. The van der Waals surface area contributed by atoms with Crippen molar-refractivity contribution in [1.82, 2.24) is 9.80 Å². The van der Waals surface area contributed by atoms with Gasteiger partial charge >= 0.3 is 6.18 Å². The van der Waals surface area contributed by atoms with Crippen molar-refractivity contribution in [3.05, 3.63) is 53.6 Å². The molecule has 40 heavy (non-hydrogen) atoms. The second-order valence-corrected chi connectivity index (χ2v) is 11.5. The van der Waals surface area contributed by atoms with Crippen molar-refractivity contribution in [2.75, 3.05) is 39.3 Å². The Morgan fingerprint density at radius 2 is 1.73 bits per heavy atom. The van der Waals surface area contributed by atoms with Crippen LogP contribution in [0.25, 0.3) is 11.1 Å². The van der Waals surface area contributed by atoms with Crippen LogP contribution in [0, 0.1) is 23.0 Å². The molecule has 2 aromatic rings. The maximum absolute atomic E-state index is 15.0. The maximum Gasteiger partial charge on any atom is 0.395 e. The van der Waals surface area contributed by atoms with E-state index in [9.17, 15) is 31.9 Å². The van der Waals surface area contributed by atoms with Crippen molar-refractivity contribution in [3.63, 3.8) is 0 Å². The number of piperidine rings is 2. The first-order valence-electron chi connectivity index (χ1n) is 14.0. The van der Waals surface area contributed by atoms with Crippen molar-refractivity contribution in [2.24, 2.45) is 11.3 Å². The Labute approximate surface area is 230 Å². The third-order valence-electron chi connectivity index (χ3n) is 8.77. The minimum absolute atomic E-state index is 0.0634. The summed E-state index contributed by atoms with van der Waals surface area (Å²) in [5.74, 6) is -1.36. The highest BCUT2D eigenvalue weighted by Gasteiger charge is 2.58. The van der Waals surface area contributed by atoms with Gasteiger partial charge in [-0.05, 0) is 87.4 Å². The number of aliphatic hydroxyl groups excluding tert-OH is 1.